The molecule has 0 aliphatic carbocycles. The fourth-order valence-electron chi connectivity index (χ4n) is 1.92. The maximum Gasteiger partial charge on any atom is 0.0750 e. The van der Waals surface area contributed by atoms with Crippen LogP contribution in [0.2, 0.25) is 0 Å². The summed E-state index contributed by atoms with van der Waals surface area (Å²) < 4.78 is 5.83. The first-order valence-corrected chi connectivity index (χ1v) is 6.45. The van der Waals surface area contributed by atoms with Crippen molar-refractivity contribution in [3.8, 4) is 12.3 Å². The van der Waals surface area contributed by atoms with Gasteiger partial charge in [-0.05, 0) is 32.2 Å². The van der Waals surface area contributed by atoms with Crippen LogP contribution in [-0.4, -0.2) is 25.3 Å². The van der Waals surface area contributed by atoms with Gasteiger partial charge in [-0.25, -0.2) is 0 Å². The Bertz CT molecular complexity index is 195. The highest BCUT2D eigenvalue weighted by atomic mass is 16.5. The second-order valence-electron chi connectivity index (χ2n) is 4.47. The first-order valence-electron chi connectivity index (χ1n) is 6.45. The average Bonchev–Trinajstić information content (AvgIpc) is 2.26. The van der Waals surface area contributed by atoms with Gasteiger partial charge in [0.15, 0.2) is 0 Å². The third-order valence-corrected chi connectivity index (χ3v) is 2.67. The fraction of sp³-hybridized carbons (Fsp3) is 0.857. The second kappa shape index (κ2) is 9.69. The Morgan fingerprint density at radius 2 is 2.00 bits per heavy atom. The minimum atomic E-state index is 0.268. The zero-order valence-electron chi connectivity index (χ0n) is 11.3. The van der Waals surface area contributed by atoms with Gasteiger partial charge in [-0.15, -0.1) is 12.3 Å². The Labute approximate surface area is 101 Å². The number of hydrogen-bond donors (Lipinski definition) is 1. The predicted molar refractivity (Wildman–Crippen MR) is 70.4 cm³/mol. The molecule has 2 heteroatoms. The molecule has 0 aliphatic heterocycles. The molecule has 94 valence electrons. The van der Waals surface area contributed by atoms with Gasteiger partial charge in [-0.1, -0.05) is 20.8 Å². The fourth-order valence-corrected chi connectivity index (χ4v) is 1.92. The van der Waals surface area contributed by atoms with E-state index in [4.69, 9.17) is 11.2 Å². The highest BCUT2D eigenvalue weighted by Crippen LogP contribution is 2.15. The molecule has 0 spiro atoms. The van der Waals surface area contributed by atoms with Gasteiger partial charge in [0, 0.05) is 19.1 Å². The van der Waals surface area contributed by atoms with Crippen LogP contribution in [0.4, 0.5) is 0 Å². The maximum absolute atomic E-state index is 5.83. The van der Waals surface area contributed by atoms with Gasteiger partial charge in [0.2, 0.25) is 0 Å². The van der Waals surface area contributed by atoms with Crippen molar-refractivity contribution in [1.29, 1.82) is 0 Å². The summed E-state index contributed by atoms with van der Waals surface area (Å²) in [4.78, 5) is 0. The summed E-state index contributed by atoms with van der Waals surface area (Å²) >= 11 is 0. The molecule has 0 rings (SSSR count). The van der Waals surface area contributed by atoms with E-state index in [1.807, 2.05) is 6.92 Å². The first-order chi connectivity index (χ1) is 7.67. The van der Waals surface area contributed by atoms with Crippen molar-refractivity contribution in [2.24, 2.45) is 5.92 Å². The molecule has 0 fully saturated rings. The van der Waals surface area contributed by atoms with Gasteiger partial charge in [-0.3, -0.25) is 0 Å². The molecular weight excluding hydrogens is 198 g/mol. The van der Waals surface area contributed by atoms with Crippen LogP contribution in [0, 0.1) is 18.3 Å². The zero-order valence-corrected chi connectivity index (χ0v) is 11.3. The minimum absolute atomic E-state index is 0.268. The van der Waals surface area contributed by atoms with Crippen LogP contribution in [0.25, 0.3) is 0 Å². The standard InChI is InChI=1S/C14H27NO/c1-6-9-10-13(15-11-7-2)14(12(4)5)16-8-3/h1,12-15H,7-11H2,2-5H3. The van der Waals surface area contributed by atoms with E-state index >= 15 is 0 Å². The molecule has 0 saturated carbocycles. The maximum atomic E-state index is 5.83. The van der Waals surface area contributed by atoms with Crippen LogP contribution in [0.3, 0.4) is 0 Å². The molecule has 2 nitrogen and oxygen atoms in total. The zero-order chi connectivity index (χ0) is 12.4. The number of hydrogen-bond acceptors (Lipinski definition) is 2. The topological polar surface area (TPSA) is 21.3 Å². The van der Waals surface area contributed by atoms with Crippen molar-refractivity contribution in [1.82, 2.24) is 5.32 Å². The third kappa shape index (κ3) is 6.15. The Balaban J connectivity index is 4.34. The highest BCUT2D eigenvalue weighted by Gasteiger charge is 2.23. The van der Waals surface area contributed by atoms with Crippen molar-refractivity contribution in [2.45, 2.75) is 59.1 Å². The molecule has 16 heavy (non-hydrogen) atoms. The average molecular weight is 225 g/mol. The summed E-state index contributed by atoms with van der Waals surface area (Å²) in [5.74, 6) is 3.24. The summed E-state index contributed by atoms with van der Waals surface area (Å²) in [7, 11) is 0. The van der Waals surface area contributed by atoms with E-state index in [1.165, 1.54) is 0 Å². The Morgan fingerprint density at radius 3 is 2.44 bits per heavy atom. The van der Waals surface area contributed by atoms with Crippen LogP contribution in [0.1, 0.15) is 47.0 Å². The normalized spacial score (nSPS) is 14.8. The van der Waals surface area contributed by atoms with Crippen molar-refractivity contribution < 1.29 is 4.74 Å². The molecule has 0 heterocycles. The smallest absolute Gasteiger partial charge is 0.0750 e. The summed E-state index contributed by atoms with van der Waals surface area (Å²) in [5.41, 5.74) is 0. The van der Waals surface area contributed by atoms with Gasteiger partial charge < -0.3 is 10.1 Å². The number of terminal acetylenes is 1. The van der Waals surface area contributed by atoms with Gasteiger partial charge >= 0.3 is 0 Å². The molecular formula is C14H27NO. The molecule has 0 aromatic rings. The molecule has 0 aliphatic rings. The molecule has 2 atom stereocenters. The monoisotopic (exact) mass is 225 g/mol. The first kappa shape index (κ1) is 15.5. The van der Waals surface area contributed by atoms with E-state index in [9.17, 15) is 0 Å². The summed E-state index contributed by atoms with van der Waals surface area (Å²) in [6, 6.07) is 0.385. The van der Waals surface area contributed by atoms with E-state index < -0.39 is 0 Å². The van der Waals surface area contributed by atoms with E-state index in [2.05, 4.69) is 32.0 Å². The molecule has 0 amide bonds. The Kier molecular flexibility index (Phi) is 9.37. The van der Waals surface area contributed by atoms with E-state index in [-0.39, 0.29) is 6.10 Å². The number of nitrogens with one attached hydrogen (secondary N) is 1. The predicted octanol–water partition coefficient (Wildman–Crippen LogP) is 2.83. The van der Waals surface area contributed by atoms with Crippen molar-refractivity contribution in [3.05, 3.63) is 0 Å². The lowest BCUT2D eigenvalue weighted by Gasteiger charge is -2.30. The molecule has 0 aromatic heterocycles. The van der Waals surface area contributed by atoms with E-state index in [1.54, 1.807) is 0 Å². The summed E-state index contributed by atoms with van der Waals surface area (Å²) in [6.45, 7) is 10.4. The summed E-state index contributed by atoms with van der Waals surface area (Å²) in [5, 5.41) is 3.55. The SMILES string of the molecule is C#CCCC(NCCC)C(OCC)C(C)C. The lowest BCUT2D eigenvalue weighted by molar-refractivity contribution is 0.00188. The molecule has 0 radical (unpaired) electrons. The number of rotatable bonds is 9. The lowest BCUT2D eigenvalue weighted by Crippen LogP contribution is -2.44. The van der Waals surface area contributed by atoms with Gasteiger partial charge in [0.05, 0.1) is 6.10 Å². The van der Waals surface area contributed by atoms with Crippen LogP contribution in [-0.2, 0) is 4.74 Å². The number of ether oxygens (including phenoxy) is 1. The van der Waals surface area contributed by atoms with Crippen LogP contribution in [0.15, 0.2) is 0 Å². The van der Waals surface area contributed by atoms with Crippen LogP contribution in [0.5, 0.6) is 0 Å². The molecule has 1 N–H and O–H groups in total. The van der Waals surface area contributed by atoms with Crippen LogP contribution < -0.4 is 5.32 Å². The minimum Gasteiger partial charge on any atom is -0.377 e. The second-order valence-corrected chi connectivity index (χ2v) is 4.47. The van der Waals surface area contributed by atoms with Crippen molar-refractivity contribution >= 4 is 0 Å². The Hall–Kier alpha value is -0.520. The van der Waals surface area contributed by atoms with Crippen molar-refractivity contribution in [2.75, 3.05) is 13.2 Å². The van der Waals surface area contributed by atoms with E-state index in [0.29, 0.717) is 12.0 Å². The van der Waals surface area contributed by atoms with Gasteiger partial charge in [0.1, 0.15) is 0 Å². The van der Waals surface area contributed by atoms with Gasteiger partial charge in [0.25, 0.3) is 0 Å². The summed E-state index contributed by atoms with van der Waals surface area (Å²) in [6.07, 6.45) is 8.56. The molecule has 2 unspecified atom stereocenters. The van der Waals surface area contributed by atoms with Crippen LogP contribution >= 0.6 is 0 Å². The lowest BCUT2D eigenvalue weighted by atomic mass is 9.95. The van der Waals surface area contributed by atoms with E-state index in [0.717, 1.165) is 32.4 Å². The van der Waals surface area contributed by atoms with Crippen molar-refractivity contribution in [3.63, 3.8) is 0 Å². The molecule has 0 bridgehead atoms. The largest absolute Gasteiger partial charge is 0.377 e. The molecule has 0 aromatic carbocycles. The Morgan fingerprint density at radius 1 is 1.31 bits per heavy atom. The van der Waals surface area contributed by atoms with Gasteiger partial charge in [-0.2, -0.15) is 0 Å². The quantitative estimate of drug-likeness (QED) is 0.609. The highest BCUT2D eigenvalue weighted by molar-refractivity contribution is 4.88. The third-order valence-electron chi connectivity index (χ3n) is 2.67. The molecule has 0 saturated heterocycles.